The predicted octanol–water partition coefficient (Wildman–Crippen LogP) is 1.56. The zero-order valence-electron chi connectivity index (χ0n) is 15.3. The highest BCUT2D eigenvalue weighted by Crippen LogP contribution is 2.12. The lowest BCUT2D eigenvalue weighted by Gasteiger charge is -2.31. The number of rotatable bonds is 8. The van der Waals surface area contributed by atoms with Crippen LogP contribution < -0.4 is 4.72 Å². The number of amides is 1. The van der Waals surface area contributed by atoms with E-state index in [1.54, 1.807) is 23.1 Å². The third kappa shape index (κ3) is 6.34. The summed E-state index contributed by atoms with van der Waals surface area (Å²) in [4.78, 5) is 14.4. The summed E-state index contributed by atoms with van der Waals surface area (Å²) in [5.74, 6) is -0.764. The lowest BCUT2D eigenvalue weighted by atomic mass is 10.0. The Morgan fingerprint density at radius 2 is 1.92 bits per heavy atom. The molecule has 1 N–H and O–H groups in total. The quantitative estimate of drug-likeness (QED) is 0.736. The van der Waals surface area contributed by atoms with Crippen LogP contribution in [0.2, 0.25) is 0 Å². The van der Waals surface area contributed by atoms with Crippen LogP contribution in [-0.2, 0) is 26.0 Å². The molecule has 1 heterocycles. The van der Waals surface area contributed by atoms with Crippen molar-refractivity contribution in [2.24, 2.45) is 5.92 Å². The van der Waals surface area contributed by atoms with Gasteiger partial charge >= 0.3 is 0 Å². The van der Waals surface area contributed by atoms with E-state index in [0.29, 0.717) is 38.3 Å². The Balaban J connectivity index is 2.03. The number of halogens is 1. The number of nitrogens with zero attached hydrogens (tertiary/aromatic N) is 1. The molecule has 1 aliphatic heterocycles. The van der Waals surface area contributed by atoms with Gasteiger partial charge in [0.05, 0.1) is 19.0 Å². The molecule has 0 saturated carbocycles. The molecule has 146 valence electrons. The fourth-order valence-electron chi connectivity index (χ4n) is 2.90. The molecule has 1 saturated heterocycles. The first-order valence-corrected chi connectivity index (χ1v) is 10.5. The molecule has 0 aromatic heterocycles. The summed E-state index contributed by atoms with van der Waals surface area (Å²) < 4.78 is 46.4. The van der Waals surface area contributed by atoms with E-state index in [9.17, 15) is 17.6 Å². The van der Waals surface area contributed by atoms with E-state index in [2.05, 4.69) is 4.72 Å². The summed E-state index contributed by atoms with van der Waals surface area (Å²) in [5, 5.41) is 0. The first kappa shape index (κ1) is 20.8. The molecule has 0 radical (unpaired) electrons. The molecule has 8 heteroatoms. The number of hydrogen-bond acceptors (Lipinski definition) is 4. The van der Waals surface area contributed by atoms with Crippen molar-refractivity contribution in [3.05, 3.63) is 35.6 Å². The number of nitrogens with one attached hydrogen (secondary N) is 1. The van der Waals surface area contributed by atoms with E-state index in [4.69, 9.17) is 4.74 Å². The molecule has 0 aliphatic carbocycles. The maximum atomic E-state index is 13.7. The average molecular weight is 386 g/mol. The second kappa shape index (κ2) is 9.43. The van der Waals surface area contributed by atoms with Crippen molar-refractivity contribution in [1.29, 1.82) is 0 Å². The molecule has 6 nitrogen and oxygen atoms in total. The molecule has 1 atom stereocenters. The number of carbonyl (C=O) groups excluding carboxylic acids is 1. The summed E-state index contributed by atoms with van der Waals surface area (Å²) in [6, 6.07) is 5.29. The monoisotopic (exact) mass is 386 g/mol. The van der Waals surface area contributed by atoms with E-state index in [-0.39, 0.29) is 24.0 Å². The van der Waals surface area contributed by atoms with Gasteiger partial charge in [-0.15, -0.1) is 0 Å². The van der Waals surface area contributed by atoms with Gasteiger partial charge in [-0.25, -0.2) is 17.5 Å². The van der Waals surface area contributed by atoms with Crippen LogP contribution in [0.4, 0.5) is 4.39 Å². The Kier molecular flexibility index (Phi) is 7.55. The number of sulfonamides is 1. The van der Waals surface area contributed by atoms with E-state index in [1.165, 1.54) is 6.07 Å². The Bertz CT molecular complexity index is 703. The van der Waals surface area contributed by atoms with Gasteiger partial charge in [0, 0.05) is 13.1 Å². The van der Waals surface area contributed by atoms with Crippen LogP contribution >= 0.6 is 0 Å². The highest BCUT2D eigenvalue weighted by Gasteiger charge is 2.30. The minimum Gasteiger partial charge on any atom is -0.378 e. The molecular weight excluding hydrogens is 359 g/mol. The van der Waals surface area contributed by atoms with Gasteiger partial charge in [0.2, 0.25) is 15.9 Å². The number of morpholine rings is 1. The third-order valence-corrected chi connectivity index (χ3v) is 5.63. The van der Waals surface area contributed by atoms with Gasteiger partial charge < -0.3 is 9.64 Å². The summed E-state index contributed by atoms with van der Waals surface area (Å²) in [5.41, 5.74) is 0.345. The molecule has 1 fully saturated rings. The minimum absolute atomic E-state index is 0.0577. The second-order valence-corrected chi connectivity index (χ2v) is 8.77. The Hall–Kier alpha value is -1.51. The normalized spacial score (nSPS) is 16.7. The number of carbonyl (C=O) groups is 1. The van der Waals surface area contributed by atoms with Crippen LogP contribution in [0.3, 0.4) is 0 Å². The Morgan fingerprint density at radius 1 is 1.27 bits per heavy atom. The third-order valence-electron chi connectivity index (χ3n) is 4.25. The molecule has 26 heavy (non-hydrogen) atoms. The molecule has 1 aliphatic rings. The molecular formula is C18H27FN2O4S. The van der Waals surface area contributed by atoms with Crippen LogP contribution in [0.1, 0.15) is 25.8 Å². The van der Waals surface area contributed by atoms with E-state index in [0.717, 1.165) is 0 Å². The van der Waals surface area contributed by atoms with Gasteiger partial charge in [0.15, 0.2) is 0 Å². The van der Waals surface area contributed by atoms with Crippen LogP contribution in [0.25, 0.3) is 0 Å². The molecule has 0 unspecified atom stereocenters. The van der Waals surface area contributed by atoms with Gasteiger partial charge in [-0.1, -0.05) is 32.0 Å². The summed E-state index contributed by atoms with van der Waals surface area (Å²) >= 11 is 0. The molecule has 0 bridgehead atoms. The summed E-state index contributed by atoms with van der Waals surface area (Å²) in [6.45, 7) is 5.72. The van der Waals surface area contributed by atoms with E-state index in [1.807, 2.05) is 13.8 Å². The SMILES string of the molecule is CC(C)C[C@@H](NS(=O)(=O)CCc1ccccc1F)C(=O)N1CCOCC1. The second-order valence-electron chi connectivity index (χ2n) is 6.90. The van der Waals surface area contributed by atoms with Gasteiger partial charge in [0.25, 0.3) is 0 Å². The molecule has 1 aromatic carbocycles. The van der Waals surface area contributed by atoms with Crippen molar-refractivity contribution in [2.75, 3.05) is 32.1 Å². The van der Waals surface area contributed by atoms with E-state index >= 15 is 0 Å². The highest BCUT2D eigenvalue weighted by molar-refractivity contribution is 7.89. The van der Waals surface area contributed by atoms with Crippen molar-refractivity contribution in [3.63, 3.8) is 0 Å². The van der Waals surface area contributed by atoms with Crippen LogP contribution in [-0.4, -0.2) is 57.3 Å². The minimum atomic E-state index is -3.72. The molecule has 2 rings (SSSR count). The average Bonchev–Trinajstić information content (AvgIpc) is 2.60. The van der Waals surface area contributed by atoms with Gasteiger partial charge in [-0.05, 0) is 30.4 Å². The molecule has 0 spiro atoms. The first-order chi connectivity index (χ1) is 12.3. The highest BCUT2D eigenvalue weighted by atomic mass is 32.2. The number of benzene rings is 1. The fraction of sp³-hybridized carbons (Fsp3) is 0.611. The van der Waals surface area contributed by atoms with Crippen molar-refractivity contribution in [1.82, 2.24) is 9.62 Å². The number of hydrogen-bond donors (Lipinski definition) is 1. The standard InChI is InChI=1S/C18H27FN2O4S/c1-14(2)13-17(18(22)21-8-10-25-11-9-21)20-26(23,24)12-7-15-5-3-4-6-16(15)19/h3-6,14,17,20H,7-13H2,1-2H3/t17-/m1/s1. The van der Waals surface area contributed by atoms with Crippen molar-refractivity contribution >= 4 is 15.9 Å². The number of aryl methyl sites for hydroxylation is 1. The van der Waals surface area contributed by atoms with Gasteiger partial charge in [-0.3, -0.25) is 4.79 Å². The van der Waals surface area contributed by atoms with Crippen LogP contribution in [0.5, 0.6) is 0 Å². The van der Waals surface area contributed by atoms with Gasteiger partial charge in [0.1, 0.15) is 11.9 Å². The molecule has 1 amide bonds. The summed E-state index contributed by atoms with van der Waals surface area (Å²) in [6.07, 6.45) is 0.470. The zero-order chi connectivity index (χ0) is 19.2. The summed E-state index contributed by atoms with van der Waals surface area (Å²) in [7, 11) is -3.72. The lowest BCUT2D eigenvalue weighted by Crippen LogP contribution is -2.52. The maximum Gasteiger partial charge on any atom is 0.240 e. The van der Waals surface area contributed by atoms with Crippen LogP contribution in [0, 0.1) is 11.7 Å². The zero-order valence-corrected chi connectivity index (χ0v) is 16.1. The first-order valence-electron chi connectivity index (χ1n) is 8.88. The van der Waals surface area contributed by atoms with Crippen molar-refractivity contribution in [3.8, 4) is 0 Å². The fourth-order valence-corrected chi connectivity index (χ4v) is 4.13. The van der Waals surface area contributed by atoms with Crippen molar-refractivity contribution < 1.29 is 22.3 Å². The Morgan fingerprint density at radius 3 is 2.54 bits per heavy atom. The lowest BCUT2D eigenvalue weighted by molar-refractivity contribution is -0.137. The maximum absolute atomic E-state index is 13.7. The largest absolute Gasteiger partial charge is 0.378 e. The van der Waals surface area contributed by atoms with Crippen molar-refractivity contribution in [2.45, 2.75) is 32.7 Å². The predicted molar refractivity (Wildman–Crippen MR) is 97.7 cm³/mol. The van der Waals surface area contributed by atoms with E-state index < -0.39 is 21.9 Å². The molecule has 1 aromatic rings. The van der Waals surface area contributed by atoms with Crippen LogP contribution in [0.15, 0.2) is 24.3 Å². The Labute approximate surface area is 154 Å². The van der Waals surface area contributed by atoms with Gasteiger partial charge in [-0.2, -0.15) is 0 Å². The smallest absolute Gasteiger partial charge is 0.240 e. The topological polar surface area (TPSA) is 75.7 Å². The number of ether oxygens (including phenoxy) is 1.